The Morgan fingerprint density at radius 3 is 2.43 bits per heavy atom. The van der Waals surface area contributed by atoms with Crippen molar-refractivity contribution < 1.29 is 4.74 Å². The first-order valence-corrected chi connectivity index (χ1v) is 8.18. The van der Waals surface area contributed by atoms with Crippen LogP contribution in [0.5, 0.6) is 5.75 Å². The Morgan fingerprint density at radius 1 is 1.29 bits per heavy atom. The van der Waals surface area contributed by atoms with Gasteiger partial charge in [-0.1, -0.05) is 26.0 Å². The van der Waals surface area contributed by atoms with Crippen molar-refractivity contribution >= 4 is 0 Å². The summed E-state index contributed by atoms with van der Waals surface area (Å²) in [7, 11) is 6.42. The molecule has 0 saturated heterocycles. The number of likely N-dealkylation sites (N-methyl/N-ethyl adjacent to an activating group) is 2. The van der Waals surface area contributed by atoms with Gasteiger partial charge < -0.3 is 15.0 Å². The second-order valence-electron chi connectivity index (χ2n) is 6.32. The number of rotatable bonds is 8. The third kappa shape index (κ3) is 3.41. The maximum absolute atomic E-state index is 5.96. The van der Waals surface area contributed by atoms with Gasteiger partial charge in [-0.25, -0.2) is 0 Å². The van der Waals surface area contributed by atoms with Crippen molar-refractivity contribution in [1.29, 1.82) is 0 Å². The highest BCUT2D eigenvalue weighted by Crippen LogP contribution is 2.37. The van der Waals surface area contributed by atoms with Crippen molar-refractivity contribution in [2.24, 2.45) is 0 Å². The minimum absolute atomic E-state index is 0.118. The van der Waals surface area contributed by atoms with Gasteiger partial charge in [-0.2, -0.15) is 0 Å². The van der Waals surface area contributed by atoms with Gasteiger partial charge in [-0.3, -0.25) is 0 Å². The maximum Gasteiger partial charge on any atom is 0.120 e. The van der Waals surface area contributed by atoms with Gasteiger partial charge in [-0.05, 0) is 64.5 Å². The zero-order valence-corrected chi connectivity index (χ0v) is 14.1. The zero-order chi connectivity index (χ0) is 15.5. The number of benzene rings is 1. The van der Waals surface area contributed by atoms with E-state index in [4.69, 9.17) is 4.74 Å². The quantitative estimate of drug-likeness (QED) is 0.791. The predicted octanol–water partition coefficient (Wildman–Crippen LogP) is 3.61. The Bertz CT molecular complexity index is 450. The van der Waals surface area contributed by atoms with E-state index >= 15 is 0 Å². The monoisotopic (exact) mass is 290 g/mol. The molecular formula is C18H30N2O. The minimum atomic E-state index is 0.118. The van der Waals surface area contributed by atoms with Crippen LogP contribution in [-0.2, 0) is 0 Å². The topological polar surface area (TPSA) is 24.5 Å². The lowest BCUT2D eigenvalue weighted by molar-refractivity contribution is 0.0916. The first-order chi connectivity index (χ1) is 10.1. The van der Waals surface area contributed by atoms with E-state index in [2.05, 4.69) is 69.5 Å². The average molecular weight is 290 g/mol. The lowest BCUT2D eigenvalue weighted by Gasteiger charge is -2.45. The molecule has 21 heavy (non-hydrogen) atoms. The summed E-state index contributed by atoms with van der Waals surface area (Å²) in [6.45, 7) is 4.55. The van der Waals surface area contributed by atoms with Crippen LogP contribution in [0.15, 0.2) is 24.3 Å². The summed E-state index contributed by atoms with van der Waals surface area (Å²) >= 11 is 0. The fourth-order valence-corrected chi connectivity index (χ4v) is 3.44. The Balaban J connectivity index is 2.30. The SMILES string of the molecule is CCC(CC)(C(NC)c1cccc(OC2CC2)c1)N(C)C. The van der Waals surface area contributed by atoms with Gasteiger partial charge in [0.05, 0.1) is 12.1 Å². The second-order valence-corrected chi connectivity index (χ2v) is 6.32. The van der Waals surface area contributed by atoms with Crippen LogP contribution in [0.4, 0.5) is 0 Å². The highest BCUT2D eigenvalue weighted by Gasteiger charge is 2.38. The van der Waals surface area contributed by atoms with Gasteiger partial charge >= 0.3 is 0 Å². The Kier molecular flexibility index (Phi) is 5.28. The molecule has 0 radical (unpaired) electrons. The molecule has 1 fully saturated rings. The third-order valence-electron chi connectivity index (χ3n) is 4.96. The normalized spacial score (nSPS) is 17.0. The zero-order valence-electron chi connectivity index (χ0n) is 14.1. The summed E-state index contributed by atoms with van der Waals surface area (Å²) in [5.74, 6) is 1.01. The Labute approximate surface area is 129 Å². The van der Waals surface area contributed by atoms with Crippen LogP contribution < -0.4 is 10.1 Å². The van der Waals surface area contributed by atoms with Crippen molar-refractivity contribution in [3.63, 3.8) is 0 Å². The van der Waals surface area contributed by atoms with E-state index in [0.717, 1.165) is 18.6 Å². The van der Waals surface area contributed by atoms with Crippen molar-refractivity contribution in [3.05, 3.63) is 29.8 Å². The van der Waals surface area contributed by atoms with Gasteiger partial charge in [-0.15, -0.1) is 0 Å². The fraction of sp³-hybridized carbons (Fsp3) is 0.667. The van der Waals surface area contributed by atoms with Gasteiger partial charge in [0, 0.05) is 5.54 Å². The molecule has 1 saturated carbocycles. The summed E-state index contributed by atoms with van der Waals surface area (Å²) in [5, 5.41) is 3.54. The van der Waals surface area contributed by atoms with Gasteiger partial charge in [0.25, 0.3) is 0 Å². The highest BCUT2D eigenvalue weighted by molar-refractivity contribution is 5.33. The van der Waals surface area contributed by atoms with Crippen LogP contribution >= 0.6 is 0 Å². The average Bonchev–Trinajstić information content (AvgIpc) is 3.28. The Hall–Kier alpha value is -1.06. The molecule has 3 heteroatoms. The lowest BCUT2D eigenvalue weighted by Crippen LogP contribution is -2.52. The van der Waals surface area contributed by atoms with Crippen molar-refractivity contribution in [2.75, 3.05) is 21.1 Å². The van der Waals surface area contributed by atoms with E-state index < -0.39 is 0 Å². The first-order valence-electron chi connectivity index (χ1n) is 8.18. The van der Waals surface area contributed by atoms with Crippen LogP contribution in [0.25, 0.3) is 0 Å². The van der Waals surface area contributed by atoms with E-state index in [1.807, 2.05) is 0 Å². The van der Waals surface area contributed by atoms with Crippen molar-refractivity contribution in [3.8, 4) is 5.75 Å². The van der Waals surface area contributed by atoms with E-state index in [1.165, 1.54) is 18.4 Å². The summed E-state index contributed by atoms with van der Waals surface area (Å²) in [6.07, 6.45) is 5.06. The molecule has 2 rings (SSSR count). The summed E-state index contributed by atoms with van der Waals surface area (Å²) in [6, 6.07) is 8.91. The molecule has 1 aliphatic carbocycles. The molecule has 0 spiro atoms. The first kappa shape index (κ1) is 16.3. The molecular weight excluding hydrogens is 260 g/mol. The van der Waals surface area contributed by atoms with Crippen molar-refractivity contribution in [1.82, 2.24) is 10.2 Å². The van der Waals surface area contributed by atoms with Crippen LogP contribution in [-0.4, -0.2) is 37.7 Å². The second kappa shape index (κ2) is 6.80. The molecule has 3 nitrogen and oxygen atoms in total. The highest BCUT2D eigenvalue weighted by atomic mass is 16.5. The summed E-state index contributed by atoms with van der Waals surface area (Å²) < 4.78 is 5.96. The third-order valence-corrected chi connectivity index (χ3v) is 4.96. The minimum Gasteiger partial charge on any atom is -0.490 e. The summed E-state index contributed by atoms with van der Waals surface area (Å²) in [5.41, 5.74) is 1.43. The molecule has 118 valence electrons. The molecule has 1 N–H and O–H groups in total. The van der Waals surface area contributed by atoms with Crippen LogP contribution in [0.2, 0.25) is 0 Å². The molecule has 1 atom stereocenters. The molecule has 0 bridgehead atoms. The standard InChI is InChI=1S/C18H30N2O/c1-6-18(7-2,20(4)5)17(19-3)14-9-8-10-16(13-14)21-15-11-12-15/h8-10,13,15,17,19H,6-7,11-12H2,1-5H3. The van der Waals surface area contributed by atoms with Gasteiger partial charge in [0.2, 0.25) is 0 Å². The van der Waals surface area contributed by atoms with Gasteiger partial charge in [0.1, 0.15) is 5.75 Å². The van der Waals surface area contributed by atoms with E-state index in [-0.39, 0.29) is 5.54 Å². The maximum atomic E-state index is 5.96. The number of nitrogens with zero attached hydrogens (tertiary/aromatic N) is 1. The fourth-order valence-electron chi connectivity index (χ4n) is 3.44. The largest absolute Gasteiger partial charge is 0.490 e. The molecule has 0 heterocycles. The van der Waals surface area contributed by atoms with E-state index in [9.17, 15) is 0 Å². The predicted molar refractivity (Wildman–Crippen MR) is 88.9 cm³/mol. The van der Waals surface area contributed by atoms with Crippen molar-refractivity contribution in [2.45, 2.75) is 57.2 Å². The van der Waals surface area contributed by atoms with Crippen LogP contribution in [0.3, 0.4) is 0 Å². The molecule has 1 aliphatic rings. The molecule has 1 unspecified atom stereocenters. The number of nitrogens with one attached hydrogen (secondary N) is 1. The van der Waals surface area contributed by atoms with E-state index in [0.29, 0.717) is 12.1 Å². The smallest absolute Gasteiger partial charge is 0.120 e. The van der Waals surface area contributed by atoms with Gasteiger partial charge in [0.15, 0.2) is 0 Å². The molecule has 1 aromatic carbocycles. The number of ether oxygens (including phenoxy) is 1. The number of hydrogen-bond donors (Lipinski definition) is 1. The Morgan fingerprint density at radius 2 is 1.95 bits per heavy atom. The van der Waals surface area contributed by atoms with Crippen LogP contribution in [0, 0.1) is 0 Å². The molecule has 0 aromatic heterocycles. The molecule has 0 amide bonds. The summed E-state index contributed by atoms with van der Waals surface area (Å²) in [4.78, 5) is 2.36. The van der Waals surface area contributed by atoms with E-state index in [1.54, 1.807) is 0 Å². The molecule has 0 aliphatic heterocycles. The van der Waals surface area contributed by atoms with Crippen LogP contribution in [0.1, 0.15) is 51.1 Å². The lowest BCUT2D eigenvalue weighted by atomic mass is 9.79. The molecule has 1 aromatic rings. The number of hydrogen-bond acceptors (Lipinski definition) is 3.